The molecule has 0 aliphatic carbocycles. The quantitative estimate of drug-likeness (QED) is 0.808. The second kappa shape index (κ2) is 6.47. The Morgan fingerprint density at radius 3 is 2.68 bits per heavy atom. The monoisotopic (exact) mass is 278 g/mol. The molecule has 1 aromatic rings. The minimum absolute atomic E-state index is 0.125. The van der Waals surface area contributed by atoms with Crippen molar-refractivity contribution in [1.29, 1.82) is 0 Å². The molecule has 102 valence electrons. The summed E-state index contributed by atoms with van der Waals surface area (Å²) in [5.74, 6) is 0.783. The Morgan fingerprint density at radius 1 is 1.37 bits per heavy atom. The van der Waals surface area contributed by atoms with E-state index < -0.39 is 0 Å². The highest BCUT2D eigenvalue weighted by Gasteiger charge is 2.15. The summed E-state index contributed by atoms with van der Waals surface area (Å²) in [5, 5.41) is 3.02. The first-order chi connectivity index (χ1) is 9.16. The van der Waals surface area contributed by atoms with Crippen molar-refractivity contribution >= 4 is 28.9 Å². The summed E-state index contributed by atoms with van der Waals surface area (Å²) in [6.45, 7) is 2.02. The Morgan fingerprint density at radius 2 is 2.11 bits per heavy atom. The topological polar surface area (TPSA) is 71.2 Å². The van der Waals surface area contributed by atoms with E-state index in [9.17, 15) is 4.79 Å². The predicted molar refractivity (Wildman–Crippen MR) is 79.0 cm³/mol. The van der Waals surface area contributed by atoms with Crippen molar-refractivity contribution in [1.82, 2.24) is 9.88 Å². The molecule has 1 fully saturated rings. The number of likely N-dealkylation sites (tertiary alicyclic amines) is 1. The van der Waals surface area contributed by atoms with Crippen molar-refractivity contribution in [2.45, 2.75) is 19.3 Å². The van der Waals surface area contributed by atoms with Crippen molar-refractivity contribution in [3.05, 3.63) is 23.9 Å². The number of piperidine rings is 1. The Kier molecular flexibility index (Phi) is 4.68. The first-order valence-corrected chi connectivity index (χ1v) is 6.85. The molecule has 1 amide bonds. The summed E-state index contributed by atoms with van der Waals surface area (Å²) in [7, 11) is 0. The SMILES string of the molecule is NC(=S)c1ccc(NCC(=O)N2CCCCC2)nc1. The molecule has 0 atom stereocenters. The van der Waals surface area contributed by atoms with Crippen LogP contribution in [-0.2, 0) is 4.79 Å². The van der Waals surface area contributed by atoms with Crippen molar-refractivity contribution < 1.29 is 4.79 Å². The van der Waals surface area contributed by atoms with Gasteiger partial charge in [0.2, 0.25) is 5.91 Å². The smallest absolute Gasteiger partial charge is 0.241 e. The second-order valence-electron chi connectivity index (χ2n) is 4.59. The van der Waals surface area contributed by atoms with Gasteiger partial charge in [-0.05, 0) is 31.4 Å². The number of thiocarbonyl (C=S) groups is 1. The van der Waals surface area contributed by atoms with Gasteiger partial charge < -0.3 is 16.0 Å². The maximum absolute atomic E-state index is 11.9. The molecule has 0 radical (unpaired) electrons. The average Bonchev–Trinajstić information content (AvgIpc) is 2.46. The lowest BCUT2D eigenvalue weighted by Gasteiger charge is -2.26. The van der Waals surface area contributed by atoms with E-state index in [1.165, 1.54) is 6.42 Å². The number of carbonyl (C=O) groups excluding carboxylic acids is 1. The maximum atomic E-state index is 11.9. The average molecular weight is 278 g/mol. The number of nitrogens with zero attached hydrogens (tertiary/aromatic N) is 2. The zero-order valence-corrected chi connectivity index (χ0v) is 11.6. The number of carbonyl (C=O) groups is 1. The van der Waals surface area contributed by atoms with Crippen LogP contribution in [0.4, 0.5) is 5.82 Å². The van der Waals surface area contributed by atoms with Gasteiger partial charge in [0.05, 0.1) is 6.54 Å². The van der Waals surface area contributed by atoms with Crippen LogP contribution in [0.3, 0.4) is 0 Å². The van der Waals surface area contributed by atoms with Crippen LogP contribution in [0.25, 0.3) is 0 Å². The third-order valence-corrected chi connectivity index (χ3v) is 3.41. The van der Waals surface area contributed by atoms with Crippen molar-refractivity contribution in [3.8, 4) is 0 Å². The van der Waals surface area contributed by atoms with E-state index in [-0.39, 0.29) is 12.5 Å². The van der Waals surface area contributed by atoms with E-state index in [0.717, 1.165) is 31.5 Å². The normalized spacial score (nSPS) is 15.1. The number of hydrogen-bond acceptors (Lipinski definition) is 4. The van der Waals surface area contributed by atoms with Gasteiger partial charge in [0, 0.05) is 24.8 Å². The Labute approximate surface area is 118 Å². The number of pyridine rings is 1. The molecule has 5 nitrogen and oxygen atoms in total. The molecule has 2 heterocycles. The fourth-order valence-corrected chi connectivity index (χ4v) is 2.19. The number of aromatic nitrogens is 1. The zero-order chi connectivity index (χ0) is 13.7. The zero-order valence-electron chi connectivity index (χ0n) is 10.8. The van der Waals surface area contributed by atoms with E-state index in [2.05, 4.69) is 10.3 Å². The van der Waals surface area contributed by atoms with Crippen LogP contribution in [-0.4, -0.2) is 40.4 Å². The molecule has 6 heteroatoms. The van der Waals surface area contributed by atoms with Gasteiger partial charge >= 0.3 is 0 Å². The molecule has 3 N–H and O–H groups in total. The van der Waals surface area contributed by atoms with Gasteiger partial charge in [-0.25, -0.2) is 4.98 Å². The van der Waals surface area contributed by atoms with Crippen molar-refractivity contribution in [2.75, 3.05) is 25.0 Å². The third-order valence-electron chi connectivity index (χ3n) is 3.18. The second-order valence-corrected chi connectivity index (χ2v) is 5.03. The molecule has 0 aromatic carbocycles. The minimum Gasteiger partial charge on any atom is -0.389 e. The lowest BCUT2D eigenvalue weighted by molar-refractivity contribution is -0.130. The molecule has 19 heavy (non-hydrogen) atoms. The van der Waals surface area contributed by atoms with E-state index >= 15 is 0 Å². The Hall–Kier alpha value is -1.69. The van der Waals surface area contributed by atoms with Gasteiger partial charge in [-0.1, -0.05) is 12.2 Å². The van der Waals surface area contributed by atoms with Crippen LogP contribution < -0.4 is 11.1 Å². The van der Waals surface area contributed by atoms with E-state index in [4.69, 9.17) is 18.0 Å². The van der Waals surface area contributed by atoms with Crippen LogP contribution in [0, 0.1) is 0 Å². The van der Waals surface area contributed by atoms with Crippen LogP contribution >= 0.6 is 12.2 Å². The lowest BCUT2D eigenvalue weighted by Crippen LogP contribution is -2.39. The number of rotatable bonds is 4. The highest BCUT2D eigenvalue weighted by molar-refractivity contribution is 7.80. The molecule has 1 aliphatic rings. The van der Waals surface area contributed by atoms with Gasteiger partial charge in [-0.15, -0.1) is 0 Å². The number of anilines is 1. The standard InChI is InChI=1S/C13H18N4OS/c14-13(19)10-4-5-11(15-8-10)16-9-12(18)17-6-2-1-3-7-17/h4-5,8H,1-3,6-7,9H2,(H2,14,19)(H,15,16). The summed E-state index contributed by atoms with van der Waals surface area (Å²) < 4.78 is 0. The van der Waals surface area contributed by atoms with Gasteiger partial charge in [0.1, 0.15) is 10.8 Å². The van der Waals surface area contributed by atoms with Crippen molar-refractivity contribution in [2.24, 2.45) is 5.73 Å². The summed E-state index contributed by atoms with van der Waals surface area (Å²) in [4.78, 5) is 18.3. The molecule has 1 aliphatic heterocycles. The Bertz CT molecular complexity index is 454. The molecule has 0 saturated carbocycles. The highest BCUT2D eigenvalue weighted by atomic mass is 32.1. The molecule has 0 spiro atoms. The van der Waals surface area contributed by atoms with Gasteiger partial charge in [-0.3, -0.25) is 4.79 Å². The van der Waals surface area contributed by atoms with Crippen LogP contribution in [0.15, 0.2) is 18.3 Å². The lowest BCUT2D eigenvalue weighted by atomic mass is 10.1. The van der Waals surface area contributed by atoms with Crippen LogP contribution in [0.2, 0.25) is 0 Å². The summed E-state index contributed by atoms with van der Waals surface area (Å²) >= 11 is 4.85. The number of nitrogens with one attached hydrogen (secondary N) is 1. The largest absolute Gasteiger partial charge is 0.389 e. The number of hydrogen-bond donors (Lipinski definition) is 2. The first kappa shape index (κ1) is 13.7. The fraction of sp³-hybridized carbons (Fsp3) is 0.462. The number of amides is 1. The summed E-state index contributed by atoms with van der Waals surface area (Å²) in [6, 6.07) is 3.57. The van der Waals surface area contributed by atoms with Crippen LogP contribution in [0.1, 0.15) is 24.8 Å². The van der Waals surface area contributed by atoms with Gasteiger partial charge in [0.25, 0.3) is 0 Å². The van der Waals surface area contributed by atoms with Crippen LogP contribution in [0.5, 0.6) is 0 Å². The van der Waals surface area contributed by atoms with E-state index in [0.29, 0.717) is 10.8 Å². The predicted octanol–water partition coefficient (Wildman–Crippen LogP) is 1.14. The van der Waals surface area contributed by atoms with E-state index in [1.54, 1.807) is 18.3 Å². The molecule has 0 unspecified atom stereocenters. The van der Waals surface area contributed by atoms with Gasteiger partial charge in [0.15, 0.2) is 0 Å². The minimum atomic E-state index is 0.125. The molecule has 0 bridgehead atoms. The van der Waals surface area contributed by atoms with E-state index in [1.807, 2.05) is 4.90 Å². The third kappa shape index (κ3) is 3.89. The first-order valence-electron chi connectivity index (χ1n) is 6.44. The number of nitrogens with two attached hydrogens (primary N) is 1. The Balaban J connectivity index is 1.84. The molecule has 1 aromatic heterocycles. The highest BCUT2D eigenvalue weighted by Crippen LogP contribution is 2.09. The van der Waals surface area contributed by atoms with Crippen molar-refractivity contribution in [3.63, 3.8) is 0 Å². The molecule has 1 saturated heterocycles. The van der Waals surface area contributed by atoms with Gasteiger partial charge in [-0.2, -0.15) is 0 Å². The summed E-state index contributed by atoms with van der Waals surface area (Å²) in [5.41, 5.74) is 6.22. The fourth-order valence-electron chi connectivity index (χ4n) is 2.07. The summed E-state index contributed by atoms with van der Waals surface area (Å²) in [6.07, 6.45) is 5.04. The molecule has 2 rings (SSSR count). The molecular weight excluding hydrogens is 260 g/mol. The molecular formula is C13H18N4OS. The maximum Gasteiger partial charge on any atom is 0.241 e.